The molecule has 4 nitrogen and oxygen atoms in total. The summed E-state index contributed by atoms with van der Waals surface area (Å²) in [5, 5.41) is 15.4. The fourth-order valence-electron chi connectivity index (χ4n) is 3.12. The summed E-state index contributed by atoms with van der Waals surface area (Å²) in [6.07, 6.45) is 5.18. The first-order valence-electron chi connectivity index (χ1n) is 6.89. The van der Waals surface area contributed by atoms with Crippen molar-refractivity contribution in [3.05, 3.63) is 0 Å². The maximum atomic E-state index is 12.0. The maximum absolute atomic E-state index is 12.0. The molecule has 98 valence electrons. The van der Waals surface area contributed by atoms with Gasteiger partial charge in [0.1, 0.15) is 0 Å². The van der Waals surface area contributed by atoms with Crippen molar-refractivity contribution >= 4 is 5.91 Å². The second-order valence-corrected chi connectivity index (χ2v) is 5.42. The van der Waals surface area contributed by atoms with Crippen molar-refractivity contribution in [3.63, 3.8) is 0 Å². The minimum absolute atomic E-state index is 0.181. The number of nitrogens with one attached hydrogen (secondary N) is 2. The molecule has 2 fully saturated rings. The van der Waals surface area contributed by atoms with Crippen molar-refractivity contribution in [2.24, 2.45) is 11.8 Å². The van der Waals surface area contributed by atoms with Gasteiger partial charge in [0.2, 0.25) is 5.91 Å². The zero-order valence-electron chi connectivity index (χ0n) is 10.6. The monoisotopic (exact) mass is 240 g/mol. The average Bonchev–Trinajstić information content (AvgIpc) is 2.96. The van der Waals surface area contributed by atoms with Gasteiger partial charge in [0.15, 0.2) is 0 Å². The van der Waals surface area contributed by atoms with Gasteiger partial charge < -0.3 is 15.7 Å². The van der Waals surface area contributed by atoms with E-state index >= 15 is 0 Å². The Labute approximate surface area is 103 Å². The lowest BCUT2D eigenvalue weighted by atomic mass is 9.88. The molecule has 0 spiro atoms. The molecule has 0 aromatic carbocycles. The summed E-state index contributed by atoms with van der Waals surface area (Å²) < 4.78 is 0. The molecule has 4 atom stereocenters. The van der Waals surface area contributed by atoms with Gasteiger partial charge in [-0.3, -0.25) is 4.79 Å². The van der Waals surface area contributed by atoms with Crippen LogP contribution in [-0.4, -0.2) is 36.2 Å². The van der Waals surface area contributed by atoms with Gasteiger partial charge in [-0.05, 0) is 31.6 Å². The number of aliphatic hydroxyl groups excluding tert-OH is 1. The molecule has 0 aromatic rings. The summed E-state index contributed by atoms with van der Waals surface area (Å²) in [6.45, 7) is 3.03. The van der Waals surface area contributed by atoms with Gasteiger partial charge in [-0.25, -0.2) is 0 Å². The van der Waals surface area contributed by atoms with Crippen molar-refractivity contribution in [1.29, 1.82) is 0 Å². The molecule has 2 saturated heterocycles. The van der Waals surface area contributed by atoms with Gasteiger partial charge in [0.25, 0.3) is 0 Å². The number of carbonyl (C=O) groups excluding carboxylic acids is 1. The second kappa shape index (κ2) is 5.83. The zero-order valence-corrected chi connectivity index (χ0v) is 10.6. The number of rotatable bonds is 6. The lowest BCUT2D eigenvalue weighted by Gasteiger charge is -2.21. The lowest BCUT2D eigenvalue weighted by Crippen LogP contribution is -2.39. The topological polar surface area (TPSA) is 61.4 Å². The highest BCUT2D eigenvalue weighted by Gasteiger charge is 2.42. The summed E-state index contributed by atoms with van der Waals surface area (Å²) in [5.41, 5.74) is 0. The molecule has 0 aromatic heterocycles. The van der Waals surface area contributed by atoms with Crippen LogP contribution >= 0.6 is 0 Å². The highest BCUT2D eigenvalue weighted by Crippen LogP contribution is 2.33. The third-order valence-corrected chi connectivity index (χ3v) is 4.32. The van der Waals surface area contributed by atoms with Crippen LogP contribution in [0.25, 0.3) is 0 Å². The van der Waals surface area contributed by atoms with Gasteiger partial charge in [-0.1, -0.05) is 13.3 Å². The van der Waals surface area contributed by atoms with E-state index in [1.54, 1.807) is 0 Å². The summed E-state index contributed by atoms with van der Waals surface area (Å²) in [5.74, 6) is 0.803. The number of amides is 1. The molecular weight excluding hydrogens is 216 g/mol. The highest BCUT2D eigenvalue weighted by atomic mass is 16.3. The van der Waals surface area contributed by atoms with Crippen molar-refractivity contribution in [2.75, 3.05) is 13.2 Å². The van der Waals surface area contributed by atoms with Gasteiger partial charge in [0, 0.05) is 25.2 Å². The average molecular weight is 240 g/mol. The third kappa shape index (κ3) is 2.99. The first-order chi connectivity index (χ1) is 8.24. The summed E-state index contributed by atoms with van der Waals surface area (Å²) in [4.78, 5) is 12.0. The SMILES string of the molecule is CCC(CCO)CNC(=O)C1CC2CCC1N2. The predicted octanol–water partition coefficient (Wildman–Crippen LogP) is 0.652. The minimum atomic E-state index is 0.181. The van der Waals surface area contributed by atoms with Crippen LogP contribution in [0.4, 0.5) is 0 Å². The molecule has 2 rings (SSSR count). The van der Waals surface area contributed by atoms with Crippen LogP contribution < -0.4 is 10.6 Å². The van der Waals surface area contributed by atoms with Crippen LogP contribution in [0.2, 0.25) is 0 Å². The van der Waals surface area contributed by atoms with Gasteiger partial charge >= 0.3 is 0 Å². The van der Waals surface area contributed by atoms with Gasteiger partial charge in [0.05, 0.1) is 5.92 Å². The van der Waals surface area contributed by atoms with Gasteiger partial charge in [-0.2, -0.15) is 0 Å². The van der Waals surface area contributed by atoms with Crippen molar-refractivity contribution in [2.45, 2.75) is 51.1 Å². The van der Waals surface area contributed by atoms with Crippen LogP contribution in [0.3, 0.4) is 0 Å². The zero-order chi connectivity index (χ0) is 12.3. The first-order valence-corrected chi connectivity index (χ1v) is 6.89. The standard InChI is InChI=1S/C13H24N2O2/c1-2-9(5-6-16)8-14-13(17)11-7-10-3-4-12(11)15-10/h9-12,15-16H,2-8H2,1H3,(H,14,17). The third-order valence-electron chi connectivity index (χ3n) is 4.32. The van der Waals surface area contributed by atoms with E-state index < -0.39 is 0 Å². The number of fused-ring (bicyclic) bond motifs is 2. The Morgan fingerprint density at radius 1 is 1.53 bits per heavy atom. The predicted molar refractivity (Wildman–Crippen MR) is 66.5 cm³/mol. The molecule has 4 heteroatoms. The number of hydrogen-bond acceptors (Lipinski definition) is 3. The van der Waals surface area contributed by atoms with Crippen molar-refractivity contribution in [3.8, 4) is 0 Å². The van der Waals surface area contributed by atoms with Crippen molar-refractivity contribution in [1.82, 2.24) is 10.6 Å². The first kappa shape index (κ1) is 12.8. The molecule has 2 bridgehead atoms. The fraction of sp³-hybridized carbons (Fsp3) is 0.923. The quantitative estimate of drug-likeness (QED) is 0.639. The Morgan fingerprint density at radius 2 is 2.35 bits per heavy atom. The van der Waals surface area contributed by atoms with E-state index in [1.165, 1.54) is 6.42 Å². The molecule has 1 amide bonds. The van der Waals surface area contributed by atoms with E-state index in [0.29, 0.717) is 24.5 Å². The van der Waals surface area contributed by atoms with Crippen LogP contribution in [0.15, 0.2) is 0 Å². The van der Waals surface area contributed by atoms with E-state index in [-0.39, 0.29) is 18.4 Å². The molecule has 2 aliphatic heterocycles. The lowest BCUT2D eigenvalue weighted by molar-refractivity contribution is -0.125. The Balaban J connectivity index is 1.74. The number of aliphatic hydroxyl groups is 1. The normalized spacial score (nSPS) is 32.7. The molecule has 17 heavy (non-hydrogen) atoms. The highest BCUT2D eigenvalue weighted by molar-refractivity contribution is 5.80. The maximum Gasteiger partial charge on any atom is 0.224 e. The Morgan fingerprint density at radius 3 is 2.88 bits per heavy atom. The number of hydrogen-bond donors (Lipinski definition) is 3. The molecule has 0 radical (unpaired) electrons. The van der Waals surface area contributed by atoms with E-state index in [4.69, 9.17) is 5.11 Å². The van der Waals surface area contributed by atoms with E-state index in [1.807, 2.05) is 0 Å². The summed E-state index contributed by atoms with van der Waals surface area (Å²) in [7, 11) is 0. The van der Waals surface area contributed by atoms with Crippen LogP contribution in [-0.2, 0) is 4.79 Å². The second-order valence-electron chi connectivity index (χ2n) is 5.42. The van der Waals surface area contributed by atoms with E-state index in [9.17, 15) is 4.79 Å². The molecular formula is C13H24N2O2. The largest absolute Gasteiger partial charge is 0.396 e. The van der Waals surface area contributed by atoms with E-state index in [0.717, 1.165) is 25.7 Å². The molecule has 2 heterocycles. The Kier molecular flexibility index (Phi) is 4.40. The molecule has 0 aliphatic carbocycles. The molecule has 4 unspecified atom stereocenters. The Hall–Kier alpha value is -0.610. The van der Waals surface area contributed by atoms with Crippen LogP contribution in [0.5, 0.6) is 0 Å². The van der Waals surface area contributed by atoms with Crippen LogP contribution in [0.1, 0.15) is 39.0 Å². The summed E-state index contributed by atoms with van der Waals surface area (Å²) in [6, 6.07) is 0.994. The molecule has 2 aliphatic rings. The fourth-order valence-corrected chi connectivity index (χ4v) is 3.12. The van der Waals surface area contributed by atoms with Gasteiger partial charge in [-0.15, -0.1) is 0 Å². The Bertz CT molecular complexity index is 270. The molecule has 3 N–H and O–H groups in total. The summed E-state index contributed by atoms with van der Waals surface area (Å²) >= 11 is 0. The van der Waals surface area contributed by atoms with Crippen molar-refractivity contribution < 1.29 is 9.90 Å². The number of carbonyl (C=O) groups is 1. The smallest absolute Gasteiger partial charge is 0.224 e. The minimum Gasteiger partial charge on any atom is -0.396 e. The molecule has 0 saturated carbocycles. The van der Waals surface area contributed by atoms with E-state index in [2.05, 4.69) is 17.6 Å². The van der Waals surface area contributed by atoms with Crippen LogP contribution in [0, 0.1) is 11.8 Å².